The number of methoxy groups -OCH3 is 1. The number of hydrogen-bond donors (Lipinski definition) is 0. The molecule has 0 bridgehead atoms. The summed E-state index contributed by atoms with van der Waals surface area (Å²) in [5.41, 5.74) is 2.18. The number of hydrogen-bond acceptors (Lipinski definition) is 3. The van der Waals surface area contributed by atoms with Crippen LogP contribution >= 0.6 is 0 Å². The average Bonchev–Trinajstić information content (AvgIpc) is 2.77. The van der Waals surface area contributed by atoms with Gasteiger partial charge in [0.1, 0.15) is 11.4 Å². The molecule has 0 aliphatic heterocycles. The molecule has 0 amide bonds. The Morgan fingerprint density at radius 2 is 1.61 bits per heavy atom. The maximum atomic E-state index is 12.8. The second-order valence-corrected chi connectivity index (χ2v) is 6.72. The van der Waals surface area contributed by atoms with Gasteiger partial charge in [-0.3, -0.25) is 0 Å². The van der Waals surface area contributed by atoms with Crippen LogP contribution in [0.3, 0.4) is 0 Å². The van der Waals surface area contributed by atoms with Crippen LogP contribution in [-0.4, -0.2) is 23.4 Å². The molecular formula is C19H21NO3. The van der Waals surface area contributed by atoms with Crippen LogP contribution in [0.2, 0.25) is 0 Å². The highest BCUT2D eigenvalue weighted by molar-refractivity contribution is 6.12. The number of nitrogens with zero attached hydrogens (tertiary/aromatic N) is 1. The minimum absolute atomic E-state index is 0.378. The fraction of sp³-hybridized carbons (Fsp3) is 0.316. The lowest BCUT2D eigenvalue weighted by Gasteiger charge is -2.20. The summed E-state index contributed by atoms with van der Waals surface area (Å²) in [4.78, 5) is 12.8. The number of ether oxygens (including phenoxy) is 2. The molecule has 4 nitrogen and oxygen atoms in total. The number of fused-ring (bicyclic) bond motifs is 3. The van der Waals surface area contributed by atoms with Crippen LogP contribution in [0.15, 0.2) is 36.4 Å². The van der Waals surface area contributed by atoms with E-state index in [2.05, 4.69) is 0 Å². The fourth-order valence-electron chi connectivity index (χ4n) is 2.74. The van der Waals surface area contributed by atoms with Crippen LogP contribution in [0.5, 0.6) is 5.75 Å². The van der Waals surface area contributed by atoms with Gasteiger partial charge in [0.05, 0.1) is 18.1 Å². The summed E-state index contributed by atoms with van der Waals surface area (Å²) in [5.74, 6) is 0.710. The Hall–Kier alpha value is -2.49. The summed E-state index contributed by atoms with van der Waals surface area (Å²) in [6.45, 7) is 7.61. The zero-order valence-electron chi connectivity index (χ0n) is 14.1. The first-order valence-corrected chi connectivity index (χ1v) is 7.62. The van der Waals surface area contributed by atoms with Gasteiger partial charge < -0.3 is 9.47 Å². The first-order chi connectivity index (χ1) is 10.8. The van der Waals surface area contributed by atoms with Gasteiger partial charge in [-0.2, -0.15) is 0 Å². The monoisotopic (exact) mass is 311 g/mol. The molecule has 4 heteroatoms. The van der Waals surface area contributed by atoms with E-state index in [1.54, 1.807) is 11.7 Å². The lowest BCUT2D eigenvalue weighted by Crippen LogP contribution is -2.27. The van der Waals surface area contributed by atoms with E-state index in [-0.39, 0.29) is 6.09 Å². The first-order valence-electron chi connectivity index (χ1n) is 7.62. The second kappa shape index (κ2) is 5.30. The van der Waals surface area contributed by atoms with Gasteiger partial charge in [0, 0.05) is 16.8 Å². The number of carbonyl (C=O) groups is 1. The summed E-state index contributed by atoms with van der Waals surface area (Å²) < 4.78 is 12.5. The zero-order valence-corrected chi connectivity index (χ0v) is 14.1. The molecule has 0 saturated heterocycles. The van der Waals surface area contributed by atoms with Crippen LogP contribution in [0.1, 0.15) is 26.3 Å². The lowest BCUT2D eigenvalue weighted by atomic mass is 10.1. The first kappa shape index (κ1) is 15.4. The predicted octanol–water partition coefficient (Wildman–Crippen LogP) is 4.89. The highest BCUT2D eigenvalue weighted by atomic mass is 16.6. The highest BCUT2D eigenvalue weighted by Crippen LogP contribution is 2.32. The van der Waals surface area contributed by atoms with E-state index in [4.69, 9.17) is 9.47 Å². The van der Waals surface area contributed by atoms with Crippen LogP contribution in [0.25, 0.3) is 21.8 Å². The van der Waals surface area contributed by atoms with Gasteiger partial charge in [-0.15, -0.1) is 0 Å². The molecule has 3 aromatic rings. The van der Waals surface area contributed by atoms with Gasteiger partial charge >= 0.3 is 6.09 Å². The molecule has 0 unspecified atom stereocenters. The van der Waals surface area contributed by atoms with Crippen molar-refractivity contribution < 1.29 is 14.3 Å². The molecule has 1 aromatic heterocycles. The zero-order chi connectivity index (χ0) is 16.8. The molecule has 3 rings (SSSR count). The van der Waals surface area contributed by atoms with Crippen molar-refractivity contribution in [1.82, 2.24) is 4.57 Å². The van der Waals surface area contributed by atoms with Crippen molar-refractivity contribution in [3.05, 3.63) is 42.0 Å². The number of aryl methyl sites for hydroxylation is 1. The lowest BCUT2D eigenvalue weighted by molar-refractivity contribution is 0.0551. The normalized spacial score (nSPS) is 11.9. The number of benzene rings is 2. The van der Waals surface area contributed by atoms with Gasteiger partial charge in [0.15, 0.2) is 0 Å². The number of aromatic nitrogens is 1. The molecule has 0 N–H and O–H groups in total. The SMILES string of the molecule is COc1ccc2c3ccc(C)cc3n(C(=O)OC(C)(C)C)c2c1. The largest absolute Gasteiger partial charge is 0.497 e. The summed E-state index contributed by atoms with van der Waals surface area (Å²) in [6.07, 6.45) is -0.378. The molecule has 0 saturated carbocycles. The Bertz CT molecular complexity index is 900. The Kier molecular flexibility index (Phi) is 3.55. The maximum Gasteiger partial charge on any atom is 0.419 e. The Labute approximate surface area is 135 Å². The molecule has 2 aromatic carbocycles. The standard InChI is InChI=1S/C19H21NO3/c1-12-6-8-14-15-9-7-13(22-5)11-17(15)20(16(14)10-12)18(21)23-19(2,3)4/h6-11H,1-5H3. The van der Waals surface area contributed by atoms with Crippen molar-refractivity contribution in [2.24, 2.45) is 0 Å². The van der Waals surface area contributed by atoms with Crippen molar-refractivity contribution in [2.45, 2.75) is 33.3 Å². The van der Waals surface area contributed by atoms with E-state index in [0.29, 0.717) is 5.75 Å². The van der Waals surface area contributed by atoms with Gasteiger partial charge in [0.25, 0.3) is 0 Å². The van der Waals surface area contributed by atoms with Crippen molar-refractivity contribution in [3.63, 3.8) is 0 Å². The van der Waals surface area contributed by atoms with Crippen LogP contribution in [0.4, 0.5) is 4.79 Å². The van der Waals surface area contributed by atoms with Crippen LogP contribution < -0.4 is 4.74 Å². The Morgan fingerprint density at radius 1 is 1.00 bits per heavy atom. The fourth-order valence-corrected chi connectivity index (χ4v) is 2.74. The minimum Gasteiger partial charge on any atom is -0.497 e. The molecule has 0 spiro atoms. The maximum absolute atomic E-state index is 12.8. The van der Waals surface area contributed by atoms with Gasteiger partial charge in [-0.1, -0.05) is 12.1 Å². The molecule has 1 heterocycles. The average molecular weight is 311 g/mol. The summed E-state index contributed by atoms with van der Waals surface area (Å²) in [6, 6.07) is 11.8. The molecule has 0 fully saturated rings. The van der Waals surface area contributed by atoms with Crippen molar-refractivity contribution >= 4 is 27.9 Å². The Morgan fingerprint density at radius 3 is 2.22 bits per heavy atom. The second-order valence-electron chi connectivity index (χ2n) is 6.72. The quantitative estimate of drug-likeness (QED) is 0.642. The third-order valence-corrected chi connectivity index (χ3v) is 3.71. The molecule has 120 valence electrons. The van der Waals surface area contributed by atoms with Gasteiger partial charge in [0.2, 0.25) is 0 Å². The summed E-state index contributed by atoms with van der Waals surface area (Å²) in [7, 11) is 1.62. The Balaban J connectivity index is 2.34. The molecule has 0 radical (unpaired) electrons. The van der Waals surface area contributed by atoms with E-state index in [1.165, 1.54) is 0 Å². The smallest absolute Gasteiger partial charge is 0.419 e. The molecule has 0 aliphatic carbocycles. The number of carbonyl (C=O) groups excluding carboxylic acids is 1. The van der Waals surface area contributed by atoms with E-state index >= 15 is 0 Å². The van der Waals surface area contributed by atoms with Gasteiger partial charge in [-0.25, -0.2) is 9.36 Å². The summed E-state index contributed by atoms with van der Waals surface area (Å²) >= 11 is 0. The van der Waals surface area contributed by atoms with E-state index in [1.807, 2.05) is 64.1 Å². The van der Waals surface area contributed by atoms with Crippen LogP contribution in [0, 0.1) is 6.92 Å². The molecule has 0 aliphatic rings. The minimum atomic E-state index is -0.553. The van der Waals surface area contributed by atoms with Crippen molar-refractivity contribution in [3.8, 4) is 5.75 Å². The summed E-state index contributed by atoms with van der Waals surface area (Å²) in [5, 5.41) is 2.03. The predicted molar refractivity (Wildman–Crippen MR) is 92.4 cm³/mol. The van der Waals surface area contributed by atoms with Crippen LogP contribution in [-0.2, 0) is 4.74 Å². The highest BCUT2D eigenvalue weighted by Gasteiger charge is 2.22. The third kappa shape index (κ3) is 2.77. The third-order valence-electron chi connectivity index (χ3n) is 3.71. The van der Waals surface area contributed by atoms with E-state index in [9.17, 15) is 4.79 Å². The van der Waals surface area contributed by atoms with E-state index in [0.717, 1.165) is 27.4 Å². The van der Waals surface area contributed by atoms with Gasteiger partial charge in [-0.05, 0) is 51.5 Å². The topological polar surface area (TPSA) is 40.5 Å². The molecular weight excluding hydrogens is 290 g/mol. The van der Waals surface area contributed by atoms with Crippen molar-refractivity contribution in [1.29, 1.82) is 0 Å². The van der Waals surface area contributed by atoms with Crippen molar-refractivity contribution in [2.75, 3.05) is 7.11 Å². The molecule has 0 atom stereocenters. The van der Waals surface area contributed by atoms with E-state index < -0.39 is 5.60 Å². The molecule has 23 heavy (non-hydrogen) atoms. The number of rotatable bonds is 1.